The Labute approximate surface area is 158 Å². The molecule has 0 aromatic heterocycles. The molecule has 0 radical (unpaired) electrons. The van der Waals surface area contributed by atoms with Crippen molar-refractivity contribution in [2.24, 2.45) is 11.8 Å². The monoisotopic (exact) mass is 380 g/mol. The number of anilines is 1. The molecular formula is C20H32N2O3S. The van der Waals surface area contributed by atoms with Crippen LogP contribution in [-0.2, 0) is 14.6 Å². The molecule has 2 atom stereocenters. The molecule has 2 fully saturated rings. The van der Waals surface area contributed by atoms with Crippen molar-refractivity contribution >= 4 is 15.5 Å². The lowest BCUT2D eigenvalue weighted by Crippen LogP contribution is -2.56. The predicted molar refractivity (Wildman–Crippen MR) is 106 cm³/mol. The highest BCUT2D eigenvalue weighted by Gasteiger charge is 2.31. The van der Waals surface area contributed by atoms with Gasteiger partial charge in [0.2, 0.25) is 0 Å². The van der Waals surface area contributed by atoms with Crippen molar-refractivity contribution in [3.63, 3.8) is 0 Å². The zero-order valence-electron chi connectivity index (χ0n) is 16.2. The van der Waals surface area contributed by atoms with E-state index in [1.165, 1.54) is 19.1 Å². The van der Waals surface area contributed by atoms with Gasteiger partial charge in [-0.05, 0) is 42.9 Å². The van der Waals surface area contributed by atoms with Crippen molar-refractivity contribution in [3.05, 3.63) is 24.3 Å². The average Bonchev–Trinajstić information content (AvgIpc) is 2.62. The molecule has 146 valence electrons. The first kappa shape index (κ1) is 19.6. The fourth-order valence-electron chi connectivity index (χ4n) is 4.14. The van der Waals surface area contributed by atoms with Crippen LogP contribution < -0.4 is 4.90 Å². The van der Waals surface area contributed by atoms with Crippen LogP contribution in [0.2, 0.25) is 0 Å². The van der Waals surface area contributed by atoms with Crippen LogP contribution in [0.5, 0.6) is 0 Å². The second kappa shape index (κ2) is 8.28. The fourth-order valence-corrected chi connectivity index (χ4v) is 4.80. The van der Waals surface area contributed by atoms with E-state index < -0.39 is 9.84 Å². The molecule has 6 heteroatoms. The van der Waals surface area contributed by atoms with Crippen molar-refractivity contribution in [1.82, 2.24) is 4.90 Å². The molecule has 3 rings (SSSR count). The predicted octanol–water partition coefficient (Wildman–Crippen LogP) is 2.66. The number of ether oxygens (including phenoxy) is 1. The zero-order chi connectivity index (χ0) is 18.7. The lowest BCUT2D eigenvalue weighted by Gasteiger charge is -2.45. The summed E-state index contributed by atoms with van der Waals surface area (Å²) in [7, 11) is -3.17. The van der Waals surface area contributed by atoms with Gasteiger partial charge in [-0.15, -0.1) is 0 Å². The number of sulfone groups is 1. The van der Waals surface area contributed by atoms with E-state index in [4.69, 9.17) is 4.74 Å². The third-order valence-corrected chi connectivity index (χ3v) is 6.77. The van der Waals surface area contributed by atoms with E-state index in [0.29, 0.717) is 22.8 Å². The number of nitrogens with zero attached hydrogens (tertiary/aromatic N) is 2. The maximum absolute atomic E-state index is 11.9. The van der Waals surface area contributed by atoms with E-state index in [1.54, 1.807) is 6.07 Å². The van der Waals surface area contributed by atoms with Crippen LogP contribution in [0.4, 0.5) is 5.69 Å². The van der Waals surface area contributed by atoms with Gasteiger partial charge in [-0.3, -0.25) is 4.90 Å². The Morgan fingerprint density at radius 1 is 1.27 bits per heavy atom. The molecule has 0 saturated carbocycles. The molecule has 26 heavy (non-hydrogen) atoms. The molecule has 5 nitrogen and oxygen atoms in total. The van der Waals surface area contributed by atoms with Gasteiger partial charge in [0.15, 0.2) is 9.84 Å². The Kier molecular flexibility index (Phi) is 6.25. The summed E-state index contributed by atoms with van der Waals surface area (Å²) in [5.74, 6) is 1.20. The topological polar surface area (TPSA) is 49.9 Å². The van der Waals surface area contributed by atoms with E-state index in [9.17, 15) is 8.42 Å². The first-order valence-electron chi connectivity index (χ1n) is 9.71. The van der Waals surface area contributed by atoms with E-state index in [2.05, 4.69) is 23.6 Å². The van der Waals surface area contributed by atoms with Gasteiger partial charge in [0.1, 0.15) is 0 Å². The largest absolute Gasteiger partial charge is 0.381 e. The summed E-state index contributed by atoms with van der Waals surface area (Å²) in [4.78, 5) is 5.37. The van der Waals surface area contributed by atoms with Crippen LogP contribution in [0.15, 0.2) is 29.2 Å². The number of piperazine rings is 1. The molecular weight excluding hydrogens is 348 g/mol. The first-order chi connectivity index (χ1) is 12.3. The molecule has 0 bridgehead atoms. The molecule has 1 aromatic rings. The van der Waals surface area contributed by atoms with Gasteiger partial charge >= 0.3 is 0 Å². The Bertz CT molecular complexity index is 699. The van der Waals surface area contributed by atoms with Crippen LogP contribution in [0.1, 0.15) is 26.7 Å². The standard InChI is InChI=1S/C20H32N2O3S/c1-16(2)20-14-21(18-7-4-8-19(12-18)26(3,23)24)9-10-22(20)13-17-6-5-11-25-15-17/h4,7-8,12,16-17,20H,5-6,9-11,13-15H2,1-3H3. The van der Waals surface area contributed by atoms with Crippen molar-refractivity contribution < 1.29 is 13.2 Å². The number of hydrogen-bond donors (Lipinski definition) is 0. The maximum atomic E-state index is 11.9. The highest BCUT2D eigenvalue weighted by molar-refractivity contribution is 7.90. The molecule has 2 unspecified atom stereocenters. The van der Waals surface area contributed by atoms with Crippen LogP contribution in [0.25, 0.3) is 0 Å². The Balaban J connectivity index is 1.71. The number of benzene rings is 1. The van der Waals surface area contributed by atoms with Crippen molar-refractivity contribution in [2.45, 2.75) is 37.6 Å². The molecule has 2 aliphatic heterocycles. The summed E-state index contributed by atoms with van der Waals surface area (Å²) in [6.07, 6.45) is 3.71. The Morgan fingerprint density at radius 2 is 2.08 bits per heavy atom. The highest BCUT2D eigenvalue weighted by Crippen LogP contribution is 2.26. The molecule has 0 amide bonds. The van der Waals surface area contributed by atoms with E-state index in [0.717, 1.165) is 45.1 Å². The van der Waals surface area contributed by atoms with E-state index >= 15 is 0 Å². The molecule has 2 aliphatic rings. The third-order valence-electron chi connectivity index (χ3n) is 5.66. The lowest BCUT2D eigenvalue weighted by molar-refractivity contribution is 0.0232. The fraction of sp³-hybridized carbons (Fsp3) is 0.700. The number of rotatable bonds is 5. The second-order valence-corrected chi connectivity index (χ2v) is 10.1. The van der Waals surface area contributed by atoms with Crippen LogP contribution in [-0.4, -0.2) is 65.0 Å². The molecule has 1 aromatic carbocycles. The van der Waals surface area contributed by atoms with Gasteiger partial charge in [-0.2, -0.15) is 0 Å². The summed E-state index contributed by atoms with van der Waals surface area (Å²) in [5.41, 5.74) is 1.01. The van der Waals surface area contributed by atoms with Gasteiger partial charge in [0, 0.05) is 50.8 Å². The van der Waals surface area contributed by atoms with Crippen LogP contribution in [0.3, 0.4) is 0 Å². The molecule has 2 heterocycles. The summed E-state index contributed by atoms with van der Waals surface area (Å²) in [6, 6.07) is 7.85. The molecule has 0 N–H and O–H groups in total. The van der Waals surface area contributed by atoms with Crippen molar-refractivity contribution in [2.75, 3.05) is 50.5 Å². The average molecular weight is 381 g/mol. The normalized spacial score (nSPS) is 25.6. The first-order valence-corrected chi connectivity index (χ1v) is 11.6. The van der Waals surface area contributed by atoms with E-state index in [-0.39, 0.29) is 0 Å². The van der Waals surface area contributed by atoms with Gasteiger partial charge in [-0.1, -0.05) is 19.9 Å². The summed E-state index contributed by atoms with van der Waals surface area (Å²) in [6.45, 7) is 10.4. The van der Waals surface area contributed by atoms with Gasteiger partial charge < -0.3 is 9.64 Å². The van der Waals surface area contributed by atoms with Gasteiger partial charge in [0.25, 0.3) is 0 Å². The highest BCUT2D eigenvalue weighted by atomic mass is 32.2. The van der Waals surface area contributed by atoms with Crippen LogP contribution >= 0.6 is 0 Å². The minimum atomic E-state index is -3.17. The zero-order valence-corrected chi connectivity index (χ0v) is 17.0. The molecule has 0 aliphatic carbocycles. The summed E-state index contributed by atoms with van der Waals surface area (Å²) in [5, 5.41) is 0. The van der Waals surface area contributed by atoms with Gasteiger partial charge in [0.05, 0.1) is 11.5 Å². The SMILES string of the molecule is CC(C)C1CN(c2cccc(S(C)(=O)=O)c2)CCN1CC1CCCOC1. The summed E-state index contributed by atoms with van der Waals surface area (Å²) < 4.78 is 29.4. The van der Waals surface area contributed by atoms with Crippen molar-refractivity contribution in [3.8, 4) is 0 Å². The maximum Gasteiger partial charge on any atom is 0.175 e. The van der Waals surface area contributed by atoms with Crippen LogP contribution in [0, 0.1) is 11.8 Å². The Hall–Kier alpha value is -1.11. The summed E-state index contributed by atoms with van der Waals surface area (Å²) >= 11 is 0. The molecule has 0 spiro atoms. The minimum absolute atomic E-state index is 0.401. The third kappa shape index (κ3) is 4.78. The second-order valence-electron chi connectivity index (χ2n) is 8.11. The smallest absolute Gasteiger partial charge is 0.175 e. The van der Waals surface area contributed by atoms with Gasteiger partial charge in [-0.25, -0.2) is 8.42 Å². The number of hydrogen-bond acceptors (Lipinski definition) is 5. The van der Waals surface area contributed by atoms with E-state index in [1.807, 2.05) is 18.2 Å². The molecule has 2 saturated heterocycles. The van der Waals surface area contributed by atoms with Crippen molar-refractivity contribution in [1.29, 1.82) is 0 Å². The Morgan fingerprint density at radius 3 is 2.73 bits per heavy atom. The lowest BCUT2D eigenvalue weighted by atomic mass is 9.95. The minimum Gasteiger partial charge on any atom is -0.381 e. The quantitative estimate of drug-likeness (QED) is 0.786.